The maximum absolute atomic E-state index is 13.2. The van der Waals surface area contributed by atoms with Gasteiger partial charge in [-0.15, -0.1) is 10.2 Å². The van der Waals surface area contributed by atoms with Gasteiger partial charge >= 0.3 is 0 Å². The first-order chi connectivity index (χ1) is 15.1. The van der Waals surface area contributed by atoms with Gasteiger partial charge in [0.05, 0.1) is 17.7 Å². The van der Waals surface area contributed by atoms with E-state index in [2.05, 4.69) is 42.2 Å². The number of hydrogen-bond donors (Lipinski definition) is 0. The third-order valence-corrected chi connectivity index (χ3v) is 5.96. The Hall–Kier alpha value is -3.06. The molecule has 1 amide bonds. The van der Waals surface area contributed by atoms with Crippen molar-refractivity contribution >= 4 is 34.1 Å². The number of furan rings is 1. The van der Waals surface area contributed by atoms with Crippen LogP contribution in [0.2, 0.25) is 0 Å². The van der Waals surface area contributed by atoms with Crippen LogP contribution in [0.5, 0.6) is 0 Å². The molecule has 0 spiro atoms. The van der Waals surface area contributed by atoms with E-state index in [0.29, 0.717) is 24.0 Å². The van der Waals surface area contributed by atoms with Crippen molar-refractivity contribution in [2.24, 2.45) is 5.92 Å². The summed E-state index contributed by atoms with van der Waals surface area (Å²) < 4.78 is 7.56. The monoisotopic (exact) mass is 434 g/mol. The lowest BCUT2D eigenvalue weighted by molar-refractivity contribution is -0.116. The number of nitrogens with zero attached hydrogens (tertiary/aromatic N) is 4. The molecule has 2 aromatic carbocycles. The van der Waals surface area contributed by atoms with E-state index in [1.54, 1.807) is 6.26 Å². The number of fused-ring (bicyclic) bond motifs is 1. The standard InChI is InChI=1S/C24H26N4O2S/c1-4-27(20-12-7-10-18-9-5-6-11-19(18)20)22(29)16-31-24-26-25-23(21-13-8-14-30-21)28(24)15-17(2)3/h5-14,17H,4,15-16H2,1-3H3. The summed E-state index contributed by atoms with van der Waals surface area (Å²) in [5.41, 5.74) is 0.936. The van der Waals surface area contributed by atoms with Crippen LogP contribution in [0.25, 0.3) is 22.4 Å². The molecule has 0 radical (unpaired) electrons. The summed E-state index contributed by atoms with van der Waals surface area (Å²) >= 11 is 1.42. The zero-order valence-electron chi connectivity index (χ0n) is 18.0. The molecule has 2 heterocycles. The number of benzene rings is 2. The van der Waals surface area contributed by atoms with Crippen LogP contribution in [-0.4, -0.2) is 33.0 Å². The summed E-state index contributed by atoms with van der Waals surface area (Å²) in [5, 5.41) is 11.6. The van der Waals surface area contributed by atoms with Crippen molar-refractivity contribution in [1.29, 1.82) is 0 Å². The molecule has 4 rings (SSSR count). The zero-order valence-corrected chi connectivity index (χ0v) is 18.8. The number of hydrogen-bond acceptors (Lipinski definition) is 5. The van der Waals surface area contributed by atoms with Gasteiger partial charge in [0.2, 0.25) is 5.91 Å². The summed E-state index contributed by atoms with van der Waals surface area (Å²) in [6.45, 7) is 7.64. The molecule has 0 saturated carbocycles. The van der Waals surface area contributed by atoms with E-state index in [0.717, 1.165) is 28.2 Å². The number of thioether (sulfide) groups is 1. The van der Waals surface area contributed by atoms with Crippen LogP contribution >= 0.6 is 11.8 Å². The molecule has 7 heteroatoms. The minimum atomic E-state index is 0.0440. The fourth-order valence-electron chi connectivity index (χ4n) is 3.64. The Morgan fingerprint density at radius 3 is 2.65 bits per heavy atom. The lowest BCUT2D eigenvalue weighted by atomic mass is 10.1. The average molecular weight is 435 g/mol. The first-order valence-corrected chi connectivity index (χ1v) is 11.4. The molecular formula is C24H26N4O2S. The van der Waals surface area contributed by atoms with E-state index >= 15 is 0 Å². The van der Waals surface area contributed by atoms with Gasteiger partial charge in [0.25, 0.3) is 0 Å². The molecule has 0 aliphatic rings. The van der Waals surface area contributed by atoms with Crippen LogP contribution in [0.3, 0.4) is 0 Å². The van der Waals surface area contributed by atoms with E-state index < -0.39 is 0 Å². The second-order valence-electron chi connectivity index (χ2n) is 7.71. The van der Waals surface area contributed by atoms with Gasteiger partial charge in [-0.3, -0.25) is 9.36 Å². The predicted octanol–water partition coefficient (Wildman–Crippen LogP) is 5.49. The quantitative estimate of drug-likeness (QED) is 0.343. The second kappa shape index (κ2) is 9.39. The molecule has 6 nitrogen and oxygen atoms in total. The Labute approximate surface area is 186 Å². The summed E-state index contributed by atoms with van der Waals surface area (Å²) in [6, 6.07) is 17.9. The minimum Gasteiger partial charge on any atom is -0.461 e. The number of anilines is 1. The highest BCUT2D eigenvalue weighted by atomic mass is 32.2. The van der Waals surface area contributed by atoms with Crippen LogP contribution in [0.1, 0.15) is 20.8 Å². The first kappa shape index (κ1) is 21.2. The number of amides is 1. The van der Waals surface area contributed by atoms with Crippen molar-refractivity contribution in [3.8, 4) is 11.6 Å². The molecule has 0 N–H and O–H groups in total. The van der Waals surface area contributed by atoms with Gasteiger partial charge in [0.15, 0.2) is 16.7 Å². The molecule has 31 heavy (non-hydrogen) atoms. The van der Waals surface area contributed by atoms with E-state index in [1.807, 2.05) is 52.8 Å². The van der Waals surface area contributed by atoms with E-state index in [-0.39, 0.29) is 11.7 Å². The zero-order chi connectivity index (χ0) is 21.8. The van der Waals surface area contributed by atoms with Gasteiger partial charge in [0.1, 0.15) is 0 Å². The van der Waals surface area contributed by atoms with E-state index in [9.17, 15) is 4.79 Å². The van der Waals surface area contributed by atoms with Crippen LogP contribution in [0.15, 0.2) is 70.4 Å². The van der Waals surface area contributed by atoms with Gasteiger partial charge in [-0.2, -0.15) is 0 Å². The fourth-order valence-corrected chi connectivity index (χ4v) is 4.47. The third-order valence-electron chi connectivity index (χ3n) is 5.01. The Morgan fingerprint density at radius 1 is 1.10 bits per heavy atom. The lowest BCUT2D eigenvalue weighted by Crippen LogP contribution is -2.32. The summed E-state index contributed by atoms with van der Waals surface area (Å²) in [5.74, 6) is 2.10. The average Bonchev–Trinajstić information content (AvgIpc) is 3.42. The van der Waals surface area contributed by atoms with Gasteiger partial charge in [0, 0.05) is 18.5 Å². The molecule has 0 aliphatic carbocycles. The molecule has 2 aromatic heterocycles. The van der Waals surface area contributed by atoms with Crippen molar-refractivity contribution < 1.29 is 9.21 Å². The molecule has 0 atom stereocenters. The molecule has 0 bridgehead atoms. The second-order valence-corrected chi connectivity index (χ2v) is 8.66. The fraction of sp³-hybridized carbons (Fsp3) is 0.292. The van der Waals surface area contributed by atoms with Crippen molar-refractivity contribution in [3.63, 3.8) is 0 Å². The Balaban J connectivity index is 1.56. The number of aromatic nitrogens is 3. The van der Waals surface area contributed by atoms with Gasteiger partial charge in [-0.1, -0.05) is 62.0 Å². The predicted molar refractivity (Wildman–Crippen MR) is 125 cm³/mol. The van der Waals surface area contributed by atoms with Crippen LogP contribution in [-0.2, 0) is 11.3 Å². The largest absolute Gasteiger partial charge is 0.461 e. The Morgan fingerprint density at radius 2 is 1.90 bits per heavy atom. The SMILES string of the molecule is CCN(C(=O)CSc1nnc(-c2ccco2)n1CC(C)C)c1cccc2ccccc12. The highest BCUT2D eigenvalue weighted by Crippen LogP contribution is 2.29. The molecule has 0 saturated heterocycles. The Bertz CT molecular complexity index is 1160. The summed E-state index contributed by atoms with van der Waals surface area (Å²) in [4.78, 5) is 15.0. The van der Waals surface area contributed by atoms with Crippen molar-refractivity contribution in [2.75, 3.05) is 17.2 Å². The highest BCUT2D eigenvalue weighted by molar-refractivity contribution is 7.99. The highest BCUT2D eigenvalue weighted by Gasteiger charge is 2.21. The number of carbonyl (C=O) groups excluding carboxylic acids is 1. The van der Waals surface area contributed by atoms with Crippen LogP contribution < -0.4 is 4.90 Å². The molecular weight excluding hydrogens is 408 g/mol. The van der Waals surface area contributed by atoms with Gasteiger partial charge < -0.3 is 9.32 Å². The van der Waals surface area contributed by atoms with Crippen molar-refractivity contribution in [3.05, 3.63) is 60.9 Å². The van der Waals surface area contributed by atoms with Gasteiger partial charge in [-0.25, -0.2) is 0 Å². The summed E-state index contributed by atoms with van der Waals surface area (Å²) in [6.07, 6.45) is 1.63. The number of rotatable bonds is 8. The topological polar surface area (TPSA) is 64.2 Å². The maximum atomic E-state index is 13.2. The van der Waals surface area contributed by atoms with Gasteiger partial charge in [-0.05, 0) is 36.4 Å². The van der Waals surface area contributed by atoms with Crippen LogP contribution in [0, 0.1) is 5.92 Å². The van der Waals surface area contributed by atoms with E-state index in [1.165, 1.54) is 11.8 Å². The van der Waals surface area contributed by atoms with Crippen LogP contribution in [0.4, 0.5) is 5.69 Å². The third kappa shape index (κ3) is 4.51. The number of carbonyl (C=O) groups is 1. The first-order valence-electron chi connectivity index (χ1n) is 10.5. The van der Waals surface area contributed by atoms with Crippen molar-refractivity contribution in [1.82, 2.24) is 14.8 Å². The maximum Gasteiger partial charge on any atom is 0.237 e. The van der Waals surface area contributed by atoms with Crippen molar-refractivity contribution in [2.45, 2.75) is 32.5 Å². The molecule has 4 aromatic rings. The van der Waals surface area contributed by atoms with E-state index in [4.69, 9.17) is 4.42 Å². The smallest absolute Gasteiger partial charge is 0.237 e. The Kier molecular flexibility index (Phi) is 6.42. The summed E-state index contributed by atoms with van der Waals surface area (Å²) in [7, 11) is 0. The molecule has 0 unspecified atom stereocenters. The normalized spacial score (nSPS) is 11.4. The molecule has 0 aliphatic heterocycles. The molecule has 160 valence electrons. The minimum absolute atomic E-state index is 0.0440. The lowest BCUT2D eigenvalue weighted by Gasteiger charge is -2.22. The molecule has 0 fully saturated rings.